The molecule has 2 aromatic rings. The van der Waals surface area contributed by atoms with Gasteiger partial charge >= 0.3 is 11.8 Å². The number of sulfonamides is 1. The van der Waals surface area contributed by atoms with E-state index in [0.717, 1.165) is 19.3 Å². The molecule has 1 saturated heterocycles. The van der Waals surface area contributed by atoms with Gasteiger partial charge in [-0.1, -0.05) is 18.2 Å². The lowest BCUT2D eigenvalue weighted by Gasteiger charge is -2.25. The van der Waals surface area contributed by atoms with Gasteiger partial charge in [-0.15, -0.1) is 0 Å². The van der Waals surface area contributed by atoms with Crippen LogP contribution in [0.25, 0.3) is 0 Å². The van der Waals surface area contributed by atoms with Gasteiger partial charge in [-0.05, 0) is 43.5 Å². The van der Waals surface area contributed by atoms with Crippen LogP contribution in [0.15, 0.2) is 56.9 Å². The third-order valence-electron chi connectivity index (χ3n) is 4.37. The predicted octanol–water partition coefficient (Wildman–Crippen LogP) is 1.22. The van der Waals surface area contributed by atoms with Gasteiger partial charge in [0.2, 0.25) is 10.0 Å². The number of rotatable bonds is 6. The smallest absolute Gasteiger partial charge is 0.329 e. The standard InChI is InChI=1S/C19H22N4O5S/c24-18(19(25)23-11-5-2-6-12-23)22-20-13-15-9-10-16(28-15)14-21-29(26,27)17-7-3-1-4-8-17/h1,3-4,7-10,13,21H,2,5-6,11-12,14H2,(H,22,24)/b20-13+. The van der Waals surface area contributed by atoms with Crippen LogP contribution >= 0.6 is 0 Å². The maximum Gasteiger partial charge on any atom is 0.329 e. The van der Waals surface area contributed by atoms with Crippen LogP contribution in [-0.2, 0) is 26.2 Å². The van der Waals surface area contributed by atoms with Crippen LogP contribution in [0.4, 0.5) is 0 Å². The zero-order valence-corrected chi connectivity index (χ0v) is 16.5. The van der Waals surface area contributed by atoms with Crippen molar-refractivity contribution in [2.45, 2.75) is 30.7 Å². The minimum atomic E-state index is -3.64. The Morgan fingerprint density at radius 2 is 1.79 bits per heavy atom. The summed E-state index contributed by atoms with van der Waals surface area (Å²) in [5, 5.41) is 3.72. The van der Waals surface area contributed by atoms with E-state index in [1.807, 2.05) is 0 Å². The average Bonchev–Trinajstić information content (AvgIpc) is 3.21. The lowest BCUT2D eigenvalue weighted by molar-refractivity contribution is -0.146. The summed E-state index contributed by atoms with van der Waals surface area (Å²) in [6, 6.07) is 11.2. The maximum atomic E-state index is 12.2. The molecule has 1 aromatic carbocycles. The first-order valence-electron chi connectivity index (χ1n) is 9.21. The summed E-state index contributed by atoms with van der Waals surface area (Å²) in [6.45, 7) is 1.12. The summed E-state index contributed by atoms with van der Waals surface area (Å²) < 4.78 is 32.3. The fourth-order valence-electron chi connectivity index (χ4n) is 2.85. The molecule has 0 bridgehead atoms. The van der Waals surface area contributed by atoms with E-state index in [4.69, 9.17) is 4.42 Å². The highest BCUT2D eigenvalue weighted by Gasteiger charge is 2.22. The summed E-state index contributed by atoms with van der Waals surface area (Å²) in [4.78, 5) is 25.5. The van der Waals surface area contributed by atoms with Crippen molar-refractivity contribution < 1.29 is 22.4 Å². The van der Waals surface area contributed by atoms with E-state index in [0.29, 0.717) is 24.6 Å². The molecule has 29 heavy (non-hydrogen) atoms. The highest BCUT2D eigenvalue weighted by Crippen LogP contribution is 2.11. The van der Waals surface area contributed by atoms with E-state index in [1.54, 1.807) is 30.3 Å². The number of piperidine rings is 1. The molecule has 0 spiro atoms. The SMILES string of the molecule is O=C(N/N=C/c1ccc(CNS(=O)(=O)c2ccccc2)o1)C(=O)N1CCCCC1. The molecule has 154 valence electrons. The van der Waals surface area contributed by atoms with Gasteiger partial charge in [-0.3, -0.25) is 9.59 Å². The van der Waals surface area contributed by atoms with Crippen molar-refractivity contribution in [2.75, 3.05) is 13.1 Å². The molecule has 1 aliphatic heterocycles. The second kappa shape index (κ2) is 9.48. The number of furan rings is 1. The van der Waals surface area contributed by atoms with Gasteiger partial charge in [0.1, 0.15) is 11.5 Å². The molecule has 3 rings (SSSR count). The molecule has 1 aromatic heterocycles. The Balaban J connectivity index is 1.49. The second-order valence-electron chi connectivity index (χ2n) is 6.49. The van der Waals surface area contributed by atoms with Crippen molar-refractivity contribution in [2.24, 2.45) is 5.10 Å². The monoisotopic (exact) mass is 418 g/mol. The fourth-order valence-corrected chi connectivity index (χ4v) is 3.87. The Hall–Kier alpha value is -2.98. The normalized spacial score (nSPS) is 14.8. The lowest BCUT2D eigenvalue weighted by Crippen LogP contribution is -2.43. The molecule has 2 heterocycles. The van der Waals surface area contributed by atoms with Gasteiger partial charge in [0.25, 0.3) is 0 Å². The first-order chi connectivity index (χ1) is 14.0. The Morgan fingerprint density at radius 3 is 2.52 bits per heavy atom. The number of carbonyl (C=O) groups excluding carboxylic acids is 2. The van der Waals surface area contributed by atoms with Gasteiger partial charge in [-0.2, -0.15) is 5.10 Å². The zero-order chi connectivity index (χ0) is 20.7. The number of hydrogen-bond acceptors (Lipinski definition) is 6. The molecule has 1 fully saturated rings. The van der Waals surface area contributed by atoms with E-state index in [9.17, 15) is 18.0 Å². The van der Waals surface area contributed by atoms with Crippen LogP contribution in [0.1, 0.15) is 30.8 Å². The van der Waals surface area contributed by atoms with Gasteiger partial charge in [0, 0.05) is 13.1 Å². The molecule has 0 atom stereocenters. The average molecular weight is 418 g/mol. The topological polar surface area (TPSA) is 121 Å². The Bertz CT molecular complexity index is 979. The van der Waals surface area contributed by atoms with Gasteiger partial charge in [-0.25, -0.2) is 18.6 Å². The summed E-state index contributed by atoms with van der Waals surface area (Å²) >= 11 is 0. The summed E-state index contributed by atoms with van der Waals surface area (Å²) in [7, 11) is -3.64. The number of hydrogen-bond donors (Lipinski definition) is 2. The van der Waals surface area contributed by atoms with Crippen molar-refractivity contribution in [1.82, 2.24) is 15.0 Å². The molecular formula is C19H22N4O5S. The number of carbonyl (C=O) groups is 2. The molecule has 0 aliphatic carbocycles. The number of amides is 2. The highest BCUT2D eigenvalue weighted by molar-refractivity contribution is 7.89. The summed E-state index contributed by atoms with van der Waals surface area (Å²) in [5.41, 5.74) is 2.18. The van der Waals surface area contributed by atoms with Crippen LogP contribution in [0.5, 0.6) is 0 Å². The molecule has 10 heteroatoms. The largest absolute Gasteiger partial charge is 0.459 e. The summed E-state index contributed by atoms with van der Waals surface area (Å²) in [5.74, 6) is -0.714. The predicted molar refractivity (Wildman–Crippen MR) is 105 cm³/mol. The molecule has 2 N–H and O–H groups in total. The molecule has 0 radical (unpaired) electrons. The van der Waals surface area contributed by atoms with Crippen molar-refractivity contribution in [1.29, 1.82) is 0 Å². The quantitative estimate of drug-likeness (QED) is 0.415. The first-order valence-corrected chi connectivity index (χ1v) is 10.7. The molecule has 0 saturated carbocycles. The minimum Gasteiger partial charge on any atom is -0.459 e. The lowest BCUT2D eigenvalue weighted by atomic mass is 10.1. The van der Waals surface area contributed by atoms with E-state index >= 15 is 0 Å². The van der Waals surface area contributed by atoms with Gasteiger partial charge in [0.05, 0.1) is 17.7 Å². The Labute approximate surface area is 168 Å². The summed E-state index contributed by atoms with van der Waals surface area (Å²) in [6.07, 6.45) is 4.10. The third kappa shape index (κ3) is 5.75. The van der Waals surface area contributed by atoms with Crippen LogP contribution in [0.2, 0.25) is 0 Å². The fraction of sp³-hybridized carbons (Fsp3) is 0.316. The highest BCUT2D eigenvalue weighted by atomic mass is 32.2. The maximum absolute atomic E-state index is 12.2. The third-order valence-corrected chi connectivity index (χ3v) is 5.78. The number of hydrazone groups is 1. The van der Waals surface area contributed by atoms with Crippen molar-refractivity contribution in [3.63, 3.8) is 0 Å². The molecular weight excluding hydrogens is 396 g/mol. The van der Waals surface area contributed by atoms with E-state index < -0.39 is 21.8 Å². The Kier molecular flexibility index (Phi) is 6.78. The molecule has 0 unspecified atom stereocenters. The van der Waals surface area contributed by atoms with Crippen LogP contribution in [-0.4, -0.2) is 44.4 Å². The zero-order valence-electron chi connectivity index (χ0n) is 15.7. The minimum absolute atomic E-state index is 0.0368. The van der Waals surface area contributed by atoms with Gasteiger partial charge < -0.3 is 9.32 Å². The van der Waals surface area contributed by atoms with Crippen molar-refractivity contribution >= 4 is 28.1 Å². The number of nitrogens with one attached hydrogen (secondary N) is 2. The Morgan fingerprint density at radius 1 is 1.07 bits per heavy atom. The number of benzene rings is 1. The molecule has 9 nitrogen and oxygen atoms in total. The van der Waals surface area contributed by atoms with Crippen molar-refractivity contribution in [3.8, 4) is 0 Å². The van der Waals surface area contributed by atoms with Gasteiger partial charge in [0.15, 0.2) is 0 Å². The van der Waals surface area contributed by atoms with E-state index in [2.05, 4.69) is 15.2 Å². The van der Waals surface area contributed by atoms with Crippen LogP contribution < -0.4 is 10.1 Å². The second-order valence-corrected chi connectivity index (χ2v) is 8.26. The van der Waals surface area contributed by atoms with Crippen molar-refractivity contribution in [3.05, 3.63) is 54.0 Å². The number of nitrogens with zero attached hydrogens (tertiary/aromatic N) is 2. The molecule has 2 amide bonds. The first kappa shape index (κ1) is 20.7. The van der Waals surface area contributed by atoms with E-state index in [1.165, 1.54) is 23.2 Å². The van der Waals surface area contributed by atoms with Crippen LogP contribution in [0.3, 0.4) is 0 Å². The number of likely N-dealkylation sites (tertiary alicyclic amines) is 1. The molecule has 1 aliphatic rings. The van der Waals surface area contributed by atoms with Crippen LogP contribution in [0, 0.1) is 0 Å². The van der Waals surface area contributed by atoms with E-state index in [-0.39, 0.29) is 11.4 Å².